The van der Waals surface area contributed by atoms with Crippen molar-refractivity contribution in [3.8, 4) is 0 Å². The average Bonchev–Trinajstić information content (AvgIpc) is 2.62. The molecule has 0 aliphatic rings. The van der Waals surface area contributed by atoms with Crippen LogP contribution in [0.3, 0.4) is 0 Å². The largest absolute Gasteiger partial charge is 0.463 e. The Morgan fingerprint density at radius 1 is 0.680 bits per heavy atom. The SMILES string of the molecule is CCCCCCCC(=O)OCCOCCOCCOCCOCCI. The molecule has 0 spiro atoms. The highest BCUT2D eigenvalue weighted by Crippen LogP contribution is 2.05. The molecule has 0 aromatic rings. The van der Waals surface area contributed by atoms with Gasteiger partial charge in [0.1, 0.15) is 6.61 Å². The van der Waals surface area contributed by atoms with Gasteiger partial charge in [0.25, 0.3) is 0 Å². The summed E-state index contributed by atoms with van der Waals surface area (Å²) in [5, 5.41) is 0. The lowest BCUT2D eigenvalue weighted by atomic mass is 10.1. The predicted molar refractivity (Wildman–Crippen MR) is 106 cm³/mol. The molecule has 0 radical (unpaired) electrons. The molecule has 25 heavy (non-hydrogen) atoms. The minimum absolute atomic E-state index is 0.129. The van der Waals surface area contributed by atoms with Crippen LogP contribution >= 0.6 is 22.6 Å². The molecule has 0 rings (SSSR count). The number of unbranched alkanes of at least 4 members (excludes halogenated alkanes) is 4. The van der Waals surface area contributed by atoms with E-state index in [1.807, 2.05) is 0 Å². The predicted octanol–water partition coefficient (Wildman–Crippen LogP) is 3.39. The minimum atomic E-state index is -0.129. The van der Waals surface area contributed by atoms with E-state index in [1.165, 1.54) is 19.3 Å². The lowest BCUT2D eigenvalue weighted by Gasteiger charge is -2.08. The molecular formula is C18H35IO6. The number of esters is 1. The van der Waals surface area contributed by atoms with Crippen LogP contribution in [-0.2, 0) is 28.5 Å². The number of hydrogen-bond donors (Lipinski definition) is 0. The first kappa shape index (κ1) is 25.0. The molecule has 0 bridgehead atoms. The molecule has 0 amide bonds. The van der Waals surface area contributed by atoms with E-state index >= 15 is 0 Å². The number of rotatable bonds is 20. The summed E-state index contributed by atoms with van der Waals surface area (Å²) < 4.78 is 27.5. The van der Waals surface area contributed by atoms with Crippen LogP contribution in [0.25, 0.3) is 0 Å². The fourth-order valence-corrected chi connectivity index (χ4v) is 2.29. The number of carbonyl (C=O) groups excluding carboxylic acids is 1. The van der Waals surface area contributed by atoms with Crippen LogP contribution in [0.5, 0.6) is 0 Å². The Labute approximate surface area is 166 Å². The molecule has 0 saturated heterocycles. The van der Waals surface area contributed by atoms with Gasteiger partial charge in [-0.2, -0.15) is 0 Å². The van der Waals surface area contributed by atoms with Gasteiger partial charge in [-0.25, -0.2) is 0 Å². The zero-order valence-electron chi connectivity index (χ0n) is 15.6. The first-order valence-corrected chi connectivity index (χ1v) is 10.9. The van der Waals surface area contributed by atoms with E-state index in [0.29, 0.717) is 59.3 Å². The van der Waals surface area contributed by atoms with Crippen molar-refractivity contribution < 1.29 is 28.5 Å². The zero-order chi connectivity index (χ0) is 18.4. The molecule has 6 nitrogen and oxygen atoms in total. The molecule has 0 aromatic carbocycles. The first-order chi connectivity index (χ1) is 12.3. The molecule has 0 heterocycles. The maximum absolute atomic E-state index is 11.5. The highest BCUT2D eigenvalue weighted by Gasteiger charge is 2.02. The van der Waals surface area contributed by atoms with Crippen LogP contribution in [0, 0.1) is 0 Å². The Balaban J connectivity index is 3.09. The quantitative estimate of drug-likeness (QED) is 0.117. The van der Waals surface area contributed by atoms with E-state index in [4.69, 9.17) is 23.7 Å². The Kier molecular flexibility index (Phi) is 22.1. The maximum atomic E-state index is 11.5. The van der Waals surface area contributed by atoms with Crippen molar-refractivity contribution in [2.45, 2.75) is 45.4 Å². The lowest BCUT2D eigenvalue weighted by Crippen LogP contribution is -2.14. The third-order valence-electron chi connectivity index (χ3n) is 3.31. The van der Waals surface area contributed by atoms with Crippen molar-refractivity contribution in [2.24, 2.45) is 0 Å². The summed E-state index contributed by atoms with van der Waals surface area (Å²) in [5.41, 5.74) is 0. The van der Waals surface area contributed by atoms with Gasteiger partial charge in [0.05, 0.1) is 52.9 Å². The number of alkyl halides is 1. The normalized spacial score (nSPS) is 11.0. The highest BCUT2D eigenvalue weighted by molar-refractivity contribution is 14.1. The molecule has 0 aliphatic heterocycles. The molecule has 0 aliphatic carbocycles. The van der Waals surface area contributed by atoms with Crippen molar-refractivity contribution in [3.63, 3.8) is 0 Å². The Hall–Kier alpha value is 0.0400. The van der Waals surface area contributed by atoms with Crippen LogP contribution < -0.4 is 0 Å². The van der Waals surface area contributed by atoms with Gasteiger partial charge in [-0.3, -0.25) is 4.79 Å². The summed E-state index contributed by atoms with van der Waals surface area (Å²) >= 11 is 2.27. The minimum Gasteiger partial charge on any atom is -0.463 e. The van der Waals surface area contributed by atoms with E-state index in [1.54, 1.807) is 0 Å². The molecule has 0 unspecified atom stereocenters. The van der Waals surface area contributed by atoms with Crippen LogP contribution in [-0.4, -0.2) is 69.9 Å². The van der Waals surface area contributed by atoms with Gasteiger partial charge in [0.15, 0.2) is 0 Å². The van der Waals surface area contributed by atoms with E-state index in [-0.39, 0.29) is 5.97 Å². The smallest absolute Gasteiger partial charge is 0.305 e. The van der Waals surface area contributed by atoms with E-state index in [0.717, 1.165) is 23.9 Å². The fraction of sp³-hybridized carbons (Fsp3) is 0.944. The molecule has 0 N–H and O–H groups in total. The van der Waals surface area contributed by atoms with Gasteiger partial charge in [-0.1, -0.05) is 55.2 Å². The van der Waals surface area contributed by atoms with Gasteiger partial charge in [-0.05, 0) is 6.42 Å². The van der Waals surface area contributed by atoms with E-state index in [2.05, 4.69) is 29.5 Å². The Bertz CT molecular complexity index is 278. The van der Waals surface area contributed by atoms with Gasteiger partial charge >= 0.3 is 5.97 Å². The Morgan fingerprint density at radius 3 is 1.68 bits per heavy atom. The second kappa shape index (κ2) is 22.1. The van der Waals surface area contributed by atoms with Crippen molar-refractivity contribution in [2.75, 3.05) is 63.9 Å². The molecule has 0 atom stereocenters. The summed E-state index contributed by atoms with van der Waals surface area (Å²) in [6.07, 6.45) is 6.18. The fourth-order valence-electron chi connectivity index (χ4n) is 1.98. The lowest BCUT2D eigenvalue weighted by molar-refractivity contribution is -0.145. The summed E-state index contributed by atoms with van der Waals surface area (Å²) in [4.78, 5) is 11.5. The van der Waals surface area contributed by atoms with Crippen LogP contribution in [0.2, 0.25) is 0 Å². The molecular weight excluding hydrogens is 439 g/mol. The monoisotopic (exact) mass is 474 g/mol. The molecule has 7 heteroatoms. The van der Waals surface area contributed by atoms with E-state index in [9.17, 15) is 4.79 Å². The van der Waals surface area contributed by atoms with E-state index < -0.39 is 0 Å². The number of hydrogen-bond acceptors (Lipinski definition) is 6. The summed E-state index contributed by atoms with van der Waals surface area (Å²) in [5.74, 6) is -0.129. The van der Waals surface area contributed by atoms with Crippen molar-refractivity contribution in [1.82, 2.24) is 0 Å². The van der Waals surface area contributed by atoms with Crippen LogP contribution in [0.4, 0.5) is 0 Å². The standard InChI is InChI=1S/C18H35IO6/c1-2-3-4-5-6-7-18(20)25-17-16-24-15-14-23-13-12-22-11-10-21-9-8-19/h2-17H2,1H3. The van der Waals surface area contributed by atoms with Gasteiger partial charge < -0.3 is 23.7 Å². The average molecular weight is 474 g/mol. The molecule has 150 valence electrons. The van der Waals surface area contributed by atoms with Gasteiger partial charge in [0, 0.05) is 10.8 Å². The van der Waals surface area contributed by atoms with Crippen molar-refractivity contribution in [1.29, 1.82) is 0 Å². The zero-order valence-corrected chi connectivity index (χ0v) is 17.8. The van der Waals surface area contributed by atoms with Gasteiger partial charge in [0.2, 0.25) is 0 Å². The Morgan fingerprint density at radius 2 is 1.16 bits per heavy atom. The van der Waals surface area contributed by atoms with Gasteiger partial charge in [-0.15, -0.1) is 0 Å². The first-order valence-electron chi connectivity index (χ1n) is 9.33. The molecule has 0 saturated carbocycles. The highest BCUT2D eigenvalue weighted by atomic mass is 127. The third kappa shape index (κ3) is 22.0. The van der Waals surface area contributed by atoms with Crippen LogP contribution in [0.15, 0.2) is 0 Å². The summed E-state index contributed by atoms with van der Waals surface area (Å²) in [7, 11) is 0. The second-order valence-electron chi connectivity index (χ2n) is 5.52. The number of carbonyl (C=O) groups is 1. The number of ether oxygens (including phenoxy) is 5. The van der Waals surface area contributed by atoms with Crippen molar-refractivity contribution >= 4 is 28.6 Å². The molecule has 0 fully saturated rings. The maximum Gasteiger partial charge on any atom is 0.305 e. The third-order valence-corrected chi connectivity index (χ3v) is 3.75. The second-order valence-corrected chi connectivity index (χ2v) is 6.60. The summed E-state index contributed by atoms with van der Waals surface area (Å²) in [6.45, 7) is 7.01. The van der Waals surface area contributed by atoms with Crippen LogP contribution in [0.1, 0.15) is 45.4 Å². The van der Waals surface area contributed by atoms with Crippen molar-refractivity contribution in [3.05, 3.63) is 0 Å². The summed E-state index contributed by atoms with van der Waals surface area (Å²) in [6, 6.07) is 0. The molecule has 0 aromatic heterocycles. The topological polar surface area (TPSA) is 63.2 Å². The number of halogens is 1.